The van der Waals surface area contributed by atoms with Gasteiger partial charge in [0, 0.05) is 18.5 Å². The highest BCUT2D eigenvalue weighted by molar-refractivity contribution is 7.11. The Kier molecular flexibility index (Phi) is 1.85. The van der Waals surface area contributed by atoms with Crippen LogP contribution >= 0.6 is 11.3 Å². The number of nitrogens with zero attached hydrogens (tertiary/aromatic N) is 1. The topological polar surface area (TPSA) is 22.1 Å². The van der Waals surface area contributed by atoms with Crippen molar-refractivity contribution in [3.05, 3.63) is 11.6 Å². The predicted octanol–water partition coefficient (Wildman–Crippen LogP) is 2.13. The van der Waals surface area contributed by atoms with Crippen molar-refractivity contribution < 1.29 is 13.5 Å². The maximum atomic E-state index is 12.0. The monoisotopic (exact) mass is 165 g/mol. The third-order valence-corrected chi connectivity index (χ3v) is 1.32. The zero-order chi connectivity index (χ0) is 7.61. The molecule has 0 N–H and O–H groups in total. The summed E-state index contributed by atoms with van der Waals surface area (Å²) in [6.07, 6.45) is -1.72. The van der Waals surface area contributed by atoms with E-state index in [2.05, 4.69) is 9.72 Å². The van der Waals surface area contributed by atoms with E-state index in [0.29, 0.717) is 6.92 Å². The summed E-state index contributed by atoms with van der Waals surface area (Å²) >= 11 is 1.04. The zero-order valence-corrected chi connectivity index (χ0v) is 5.99. The van der Waals surface area contributed by atoms with Gasteiger partial charge in [0.05, 0.1) is 0 Å². The smallest absolute Gasteiger partial charge is 0.396 e. The van der Waals surface area contributed by atoms with Gasteiger partial charge in [-0.3, -0.25) is 0 Å². The Labute approximate surface area is 60.5 Å². The summed E-state index contributed by atoms with van der Waals surface area (Å²) in [6, 6.07) is 0. The van der Waals surface area contributed by atoms with Gasteiger partial charge < -0.3 is 4.74 Å². The van der Waals surface area contributed by atoms with Gasteiger partial charge in [-0.1, -0.05) is 11.3 Å². The van der Waals surface area contributed by atoms with Crippen LogP contribution in [0, 0.1) is 0 Å². The number of ether oxygens (including phenoxy) is 1. The maximum Gasteiger partial charge on any atom is 0.396 e. The van der Waals surface area contributed by atoms with Crippen LogP contribution in [0.25, 0.3) is 0 Å². The van der Waals surface area contributed by atoms with Gasteiger partial charge in [0.15, 0.2) is 0 Å². The fourth-order valence-electron chi connectivity index (χ4n) is 0.414. The lowest BCUT2D eigenvalue weighted by Gasteiger charge is -2.08. The zero-order valence-electron chi connectivity index (χ0n) is 5.17. The lowest BCUT2D eigenvalue weighted by Crippen LogP contribution is -2.18. The molecule has 0 bridgehead atoms. The van der Waals surface area contributed by atoms with Gasteiger partial charge in [-0.25, -0.2) is 4.98 Å². The molecule has 0 amide bonds. The maximum absolute atomic E-state index is 12.0. The normalized spacial score (nSPS) is 11.5. The molecule has 1 rings (SSSR count). The number of rotatable bonds is 2. The third kappa shape index (κ3) is 2.26. The van der Waals surface area contributed by atoms with Gasteiger partial charge in [-0.2, -0.15) is 8.78 Å². The van der Waals surface area contributed by atoms with Crippen LogP contribution in [0.3, 0.4) is 0 Å². The van der Waals surface area contributed by atoms with E-state index in [9.17, 15) is 8.78 Å². The van der Waals surface area contributed by atoms with E-state index < -0.39 is 6.11 Å². The van der Waals surface area contributed by atoms with Crippen LogP contribution in [0.5, 0.6) is 5.19 Å². The summed E-state index contributed by atoms with van der Waals surface area (Å²) < 4.78 is 28.2. The molecule has 0 aromatic carbocycles. The van der Waals surface area contributed by atoms with E-state index in [1.165, 1.54) is 6.20 Å². The first-order valence-corrected chi connectivity index (χ1v) is 3.42. The largest absolute Gasteiger partial charge is 0.406 e. The van der Waals surface area contributed by atoms with Crippen molar-refractivity contribution in [2.45, 2.75) is 13.0 Å². The lowest BCUT2D eigenvalue weighted by molar-refractivity contribution is -0.158. The molecule has 0 aliphatic heterocycles. The first kappa shape index (κ1) is 7.40. The fourth-order valence-corrected chi connectivity index (χ4v) is 0.968. The van der Waals surface area contributed by atoms with Crippen molar-refractivity contribution in [3.8, 4) is 5.19 Å². The SMILES string of the molecule is CC(F)(F)Oc1nccs1. The molecule has 0 atom stereocenters. The molecule has 1 aromatic heterocycles. The van der Waals surface area contributed by atoms with Crippen LogP contribution in [0.1, 0.15) is 6.92 Å². The second kappa shape index (κ2) is 2.49. The minimum atomic E-state index is -3.13. The van der Waals surface area contributed by atoms with Crippen LogP contribution in [0.2, 0.25) is 0 Å². The predicted molar refractivity (Wildman–Crippen MR) is 33.4 cm³/mol. The molecule has 0 unspecified atom stereocenters. The summed E-state index contributed by atoms with van der Waals surface area (Å²) in [5.74, 6) is 0. The highest BCUT2D eigenvalue weighted by Gasteiger charge is 2.24. The van der Waals surface area contributed by atoms with Crippen LogP contribution in [0.4, 0.5) is 8.78 Å². The van der Waals surface area contributed by atoms with Gasteiger partial charge in [0.2, 0.25) is 0 Å². The molecule has 0 saturated heterocycles. The third-order valence-electron chi connectivity index (χ3n) is 0.676. The number of hydrogen-bond acceptors (Lipinski definition) is 3. The van der Waals surface area contributed by atoms with Crippen molar-refractivity contribution in [2.24, 2.45) is 0 Å². The fraction of sp³-hybridized carbons (Fsp3) is 0.400. The molecule has 56 valence electrons. The van der Waals surface area contributed by atoms with Crippen LogP contribution in [-0.4, -0.2) is 11.1 Å². The molecule has 0 spiro atoms. The molecule has 2 nitrogen and oxygen atoms in total. The second-order valence-electron chi connectivity index (χ2n) is 1.71. The average Bonchev–Trinajstić information content (AvgIpc) is 2.12. The number of alkyl halides is 2. The average molecular weight is 165 g/mol. The van der Waals surface area contributed by atoms with Gasteiger partial charge >= 0.3 is 6.11 Å². The minimum absolute atomic E-state index is 0.00694. The highest BCUT2D eigenvalue weighted by atomic mass is 32.1. The Morgan fingerprint density at radius 2 is 2.40 bits per heavy atom. The van der Waals surface area contributed by atoms with E-state index in [-0.39, 0.29) is 5.19 Å². The Morgan fingerprint density at radius 1 is 1.70 bits per heavy atom. The van der Waals surface area contributed by atoms with E-state index in [0.717, 1.165) is 11.3 Å². The molecule has 1 aromatic rings. The van der Waals surface area contributed by atoms with Crippen LogP contribution in [0.15, 0.2) is 11.6 Å². The molecule has 0 aliphatic rings. The summed E-state index contributed by atoms with van der Waals surface area (Å²) in [7, 11) is 0. The molecule has 0 radical (unpaired) electrons. The highest BCUT2D eigenvalue weighted by Crippen LogP contribution is 2.22. The first-order valence-electron chi connectivity index (χ1n) is 2.54. The molecule has 0 aliphatic carbocycles. The summed E-state index contributed by atoms with van der Waals surface area (Å²) in [5, 5.41) is 1.56. The quantitative estimate of drug-likeness (QED) is 0.669. The Hall–Kier alpha value is -0.710. The summed E-state index contributed by atoms with van der Waals surface area (Å²) in [4.78, 5) is 3.52. The number of halogens is 2. The molecule has 5 heteroatoms. The van der Waals surface area contributed by atoms with Crippen LogP contribution in [-0.2, 0) is 0 Å². The number of thiazole rings is 1. The van der Waals surface area contributed by atoms with E-state index in [1.54, 1.807) is 5.38 Å². The van der Waals surface area contributed by atoms with Crippen LogP contribution < -0.4 is 4.74 Å². The Morgan fingerprint density at radius 3 is 2.80 bits per heavy atom. The first-order chi connectivity index (χ1) is 4.58. The number of aromatic nitrogens is 1. The van der Waals surface area contributed by atoms with Gasteiger partial charge in [-0.05, 0) is 0 Å². The Bertz CT molecular complexity index is 194. The molecule has 1 heterocycles. The van der Waals surface area contributed by atoms with E-state index >= 15 is 0 Å². The van der Waals surface area contributed by atoms with E-state index in [4.69, 9.17) is 0 Å². The Balaban J connectivity index is 2.57. The lowest BCUT2D eigenvalue weighted by atomic mass is 10.7. The minimum Gasteiger partial charge on any atom is -0.406 e. The molecular weight excluding hydrogens is 160 g/mol. The summed E-state index contributed by atoms with van der Waals surface area (Å²) in [5.41, 5.74) is 0. The molecule has 0 saturated carbocycles. The van der Waals surface area contributed by atoms with Crippen molar-refractivity contribution in [1.29, 1.82) is 0 Å². The van der Waals surface area contributed by atoms with Gasteiger partial charge in [0.1, 0.15) is 0 Å². The number of hydrogen-bond donors (Lipinski definition) is 0. The van der Waals surface area contributed by atoms with Crippen molar-refractivity contribution in [3.63, 3.8) is 0 Å². The van der Waals surface area contributed by atoms with Crippen molar-refractivity contribution in [1.82, 2.24) is 4.98 Å². The van der Waals surface area contributed by atoms with Gasteiger partial charge in [-0.15, -0.1) is 0 Å². The van der Waals surface area contributed by atoms with Gasteiger partial charge in [0.25, 0.3) is 5.19 Å². The van der Waals surface area contributed by atoms with Crippen molar-refractivity contribution in [2.75, 3.05) is 0 Å². The standard InChI is InChI=1S/C5H5F2NOS/c1-5(6,7)9-4-8-2-3-10-4/h2-3H,1H3. The van der Waals surface area contributed by atoms with Crippen molar-refractivity contribution >= 4 is 11.3 Å². The molecule has 10 heavy (non-hydrogen) atoms. The summed E-state index contributed by atoms with van der Waals surface area (Å²) in [6.45, 7) is 0.675. The van der Waals surface area contributed by atoms with E-state index in [1.807, 2.05) is 0 Å². The molecule has 0 fully saturated rings. The second-order valence-corrected chi connectivity index (χ2v) is 2.57. The molecular formula is C5H5F2NOS.